The number of nitrogens with zero attached hydrogens (tertiary/aromatic N) is 1. The minimum atomic E-state index is -0.234. The molecule has 5 heteroatoms. The lowest BCUT2D eigenvalue weighted by Crippen LogP contribution is -2.07. The average molecular weight is 355 g/mol. The molecule has 0 radical (unpaired) electrons. The van der Waals surface area contributed by atoms with Crippen molar-refractivity contribution < 1.29 is 13.9 Å². The first kappa shape index (κ1) is 17.4. The Morgan fingerprint density at radius 1 is 1.12 bits per heavy atom. The lowest BCUT2D eigenvalue weighted by molar-refractivity contribution is -0.139. The summed E-state index contributed by atoms with van der Waals surface area (Å²) in [4.78, 5) is 16.8. The Bertz CT molecular complexity index is 898. The van der Waals surface area contributed by atoms with Crippen LogP contribution in [0, 0.1) is 5.82 Å². The fraction of sp³-hybridized carbons (Fsp3) is 0.200. The van der Waals surface area contributed by atoms with E-state index in [9.17, 15) is 9.18 Å². The van der Waals surface area contributed by atoms with E-state index in [1.165, 1.54) is 17.8 Å². The normalized spacial score (nSPS) is 10.8. The van der Waals surface area contributed by atoms with Gasteiger partial charge in [-0.05, 0) is 35.6 Å². The number of carbonyl (C=O) groups is 1. The molecule has 0 aliphatic heterocycles. The first-order chi connectivity index (χ1) is 12.2. The number of rotatable bonds is 6. The Morgan fingerprint density at radius 2 is 1.92 bits per heavy atom. The van der Waals surface area contributed by atoms with E-state index in [1.54, 1.807) is 25.4 Å². The van der Waals surface area contributed by atoms with Gasteiger partial charge in [-0.1, -0.05) is 30.3 Å². The number of hydrogen-bond donors (Lipinski definition) is 0. The van der Waals surface area contributed by atoms with E-state index < -0.39 is 0 Å². The van der Waals surface area contributed by atoms with Gasteiger partial charge in [0.2, 0.25) is 0 Å². The molecular weight excluding hydrogens is 337 g/mol. The predicted molar refractivity (Wildman–Crippen MR) is 98.3 cm³/mol. The Hall–Kier alpha value is -2.40. The van der Waals surface area contributed by atoms with E-state index in [0.717, 1.165) is 21.4 Å². The molecule has 0 saturated carbocycles. The number of esters is 1. The maximum absolute atomic E-state index is 14.0. The Labute approximate surface area is 150 Å². The zero-order chi connectivity index (χ0) is 17.6. The van der Waals surface area contributed by atoms with Crippen LogP contribution in [0.15, 0.2) is 59.8 Å². The summed E-state index contributed by atoms with van der Waals surface area (Å²) in [5.41, 5.74) is 2.04. The van der Waals surface area contributed by atoms with Crippen LogP contribution >= 0.6 is 11.8 Å². The smallest absolute Gasteiger partial charge is 0.316 e. The van der Waals surface area contributed by atoms with Gasteiger partial charge in [-0.25, -0.2) is 4.39 Å². The van der Waals surface area contributed by atoms with Crippen LogP contribution in [0.1, 0.15) is 18.1 Å². The molecule has 3 nitrogen and oxygen atoms in total. The fourth-order valence-corrected chi connectivity index (χ4v) is 3.54. The van der Waals surface area contributed by atoms with Gasteiger partial charge in [-0.2, -0.15) is 0 Å². The number of benzene rings is 2. The topological polar surface area (TPSA) is 39.2 Å². The minimum absolute atomic E-state index is 0.220. The summed E-state index contributed by atoms with van der Waals surface area (Å²) in [6, 6.07) is 12.7. The fourth-order valence-electron chi connectivity index (χ4n) is 2.71. The largest absolute Gasteiger partial charge is 0.465 e. The van der Waals surface area contributed by atoms with Gasteiger partial charge in [-0.15, -0.1) is 11.8 Å². The molecule has 0 fully saturated rings. The second-order valence-electron chi connectivity index (χ2n) is 5.51. The molecule has 0 N–H and O–H groups in total. The number of pyridine rings is 1. The molecule has 0 bridgehead atoms. The van der Waals surface area contributed by atoms with Crippen LogP contribution in [0.4, 0.5) is 4.39 Å². The van der Waals surface area contributed by atoms with E-state index in [2.05, 4.69) is 4.98 Å². The molecule has 3 aromatic rings. The molecule has 0 saturated heterocycles. The number of carbonyl (C=O) groups excluding carboxylic acids is 1. The quantitative estimate of drug-likeness (QED) is 0.478. The number of halogens is 1. The van der Waals surface area contributed by atoms with E-state index in [-0.39, 0.29) is 17.5 Å². The van der Waals surface area contributed by atoms with Gasteiger partial charge in [-0.3, -0.25) is 9.78 Å². The van der Waals surface area contributed by atoms with Crippen molar-refractivity contribution in [3.8, 4) is 0 Å². The standard InChI is InChI=1S/C20H18FNO2S/c1-2-24-20(23)13-25-19-9-10-22-12-15(19)11-14-7-8-18(21)17-6-4-3-5-16(14)17/h3-10,12H,2,11,13H2,1H3. The third-order valence-electron chi connectivity index (χ3n) is 3.85. The highest BCUT2D eigenvalue weighted by atomic mass is 32.2. The van der Waals surface area contributed by atoms with Crippen LogP contribution in [0.25, 0.3) is 10.8 Å². The summed E-state index contributed by atoms with van der Waals surface area (Å²) in [5, 5.41) is 1.51. The highest BCUT2D eigenvalue weighted by Gasteiger charge is 2.11. The van der Waals surface area contributed by atoms with Crippen molar-refractivity contribution in [3.63, 3.8) is 0 Å². The van der Waals surface area contributed by atoms with Crippen molar-refractivity contribution >= 4 is 28.5 Å². The van der Waals surface area contributed by atoms with Gasteiger partial charge in [0.25, 0.3) is 0 Å². The maximum Gasteiger partial charge on any atom is 0.316 e. The summed E-state index contributed by atoms with van der Waals surface area (Å²) in [5.74, 6) is -0.195. The molecule has 0 unspecified atom stereocenters. The Morgan fingerprint density at radius 3 is 2.72 bits per heavy atom. The Balaban J connectivity index is 1.87. The average Bonchev–Trinajstić information content (AvgIpc) is 2.64. The lowest BCUT2D eigenvalue weighted by Gasteiger charge is -2.11. The summed E-state index contributed by atoms with van der Waals surface area (Å²) < 4.78 is 19.0. The summed E-state index contributed by atoms with van der Waals surface area (Å²) in [6.07, 6.45) is 4.13. The van der Waals surface area contributed by atoms with Crippen molar-refractivity contribution in [1.82, 2.24) is 4.98 Å². The van der Waals surface area contributed by atoms with Gasteiger partial charge in [0, 0.05) is 29.1 Å². The van der Waals surface area contributed by atoms with Crippen LogP contribution in [-0.2, 0) is 16.0 Å². The lowest BCUT2D eigenvalue weighted by atomic mass is 9.99. The molecule has 25 heavy (non-hydrogen) atoms. The van der Waals surface area contributed by atoms with Crippen molar-refractivity contribution in [3.05, 3.63) is 71.8 Å². The second-order valence-corrected chi connectivity index (χ2v) is 6.52. The molecule has 0 spiro atoms. The van der Waals surface area contributed by atoms with Crippen LogP contribution in [0.2, 0.25) is 0 Å². The third kappa shape index (κ3) is 4.17. The predicted octanol–water partition coefficient (Wildman–Crippen LogP) is 4.62. The van der Waals surface area contributed by atoms with Gasteiger partial charge >= 0.3 is 5.97 Å². The number of ether oxygens (including phenoxy) is 1. The summed E-state index contributed by atoms with van der Waals surface area (Å²) >= 11 is 1.43. The number of thioether (sulfide) groups is 1. The second kappa shape index (κ2) is 8.12. The van der Waals surface area contributed by atoms with Gasteiger partial charge in [0.15, 0.2) is 0 Å². The highest BCUT2D eigenvalue weighted by molar-refractivity contribution is 8.00. The van der Waals surface area contributed by atoms with Crippen molar-refractivity contribution in [2.45, 2.75) is 18.2 Å². The summed E-state index contributed by atoms with van der Waals surface area (Å²) in [7, 11) is 0. The number of fused-ring (bicyclic) bond motifs is 1. The van der Waals surface area contributed by atoms with E-state index in [1.807, 2.05) is 30.3 Å². The molecule has 1 heterocycles. The van der Waals surface area contributed by atoms with Crippen LogP contribution in [0.5, 0.6) is 0 Å². The molecule has 3 rings (SSSR count). The molecule has 0 atom stereocenters. The van der Waals surface area contributed by atoms with Crippen molar-refractivity contribution in [2.75, 3.05) is 12.4 Å². The van der Waals surface area contributed by atoms with Crippen molar-refractivity contribution in [1.29, 1.82) is 0 Å². The monoisotopic (exact) mass is 355 g/mol. The van der Waals surface area contributed by atoms with E-state index >= 15 is 0 Å². The molecule has 2 aromatic carbocycles. The molecular formula is C20H18FNO2S. The molecule has 0 aliphatic rings. The first-order valence-corrected chi connectivity index (χ1v) is 9.05. The summed E-state index contributed by atoms with van der Waals surface area (Å²) in [6.45, 7) is 2.17. The van der Waals surface area contributed by atoms with Crippen LogP contribution < -0.4 is 0 Å². The van der Waals surface area contributed by atoms with Gasteiger partial charge < -0.3 is 4.74 Å². The zero-order valence-electron chi connectivity index (χ0n) is 13.9. The number of hydrogen-bond acceptors (Lipinski definition) is 4. The van der Waals surface area contributed by atoms with Gasteiger partial charge in [0.1, 0.15) is 5.82 Å². The number of aromatic nitrogens is 1. The van der Waals surface area contributed by atoms with Gasteiger partial charge in [0.05, 0.1) is 12.4 Å². The maximum atomic E-state index is 14.0. The first-order valence-electron chi connectivity index (χ1n) is 8.06. The minimum Gasteiger partial charge on any atom is -0.465 e. The van der Waals surface area contributed by atoms with E-state index in [0.29, 0.717) is 18.4 Å². The Kier molecular flexibility index (Phi) is 5.66. The molecule has 128 valence electrons. The highest BCUT2D eigenvalue weighted by Crippen LogP contribution is 2.28. The third-order valence-corrected chi connectivity index (χ3v) is 4.94. The molecule has 1 aromatic heterocycles. The van der Waals surface area contributed by atoms with Crippen LogP contribution in [0.3, 0.4) is 0 Å². The SMILES string of the molecule is CCOC(=O)CSc1ccncc1Cc1ccc(F)c2ccccc12. The van der Waals surface area contributed by atoms with Crippen LogP contribution in [-0.4, -0.2) is 23.3 Å². The van der Waals surface area contributed by atoms with Crippen molar-refractivity contribution in [2.24, 2.45) is 0 Å². The zero-order valence-corrected chi connectivity index (χ0v) is 14.7. The van der Waals surface area contributed by atoms with E-state index in [4.69, 9.17) is 4.74 Å². The molecule has 0 aliphatic carbocycles. The molecule has 0 amide bonds.